The highest BCUT2D eigenvalue weighted by atomic mass is 16.5. The molecule has 2 aliphatic heterocycles. The van der Waals surface area contributed by atoms with Gasteiger partial charge < -0.3 is 25.2 Å². The number of aliphatic hydroxyl groups is 1. The SMILES string of the molecule is NC(=O)COCC(=O)N1C[C@@H](CN2CCOCC2)C[C@H](CO)C1. The minimum Gasteiger partial charge on any atom is -0.396 e. The van der Waals surface area contributed by atoms with Crippen LogP contribution in [0.25, 0.3) is 0 Å². The van der Waals surface area contributed by atoms with Gasteiger partial charge in [-0.15, -0.1) is 0 Å². The van der Waals surface area contributed by atoms with Gasteiger partial charge in [-0.1, -0.05) is 0 Å². The quantitative estimate of drug-likeness (QED) is 0.575. The molecule has 2 amide bonds. The summed E-state index contributed by atoms with van der Waals surface area (Å²) in [5.74, 6) is -0.319. The van der Waals surface area contributed by atoms with E-state index in [0.29, 0.717) is 19.0 Å². The molecule has 0 aromatic rings. The van der Waals surface area contributed by atoms with Crippen molar-refractivity contribution in [2.75, 3.05) is 65.8 Å². The molecule has 0 aliphatic carbocycles. The van der Waals surface area contributed by atoms with E-state index in [1.54, 1.807) is 4.90 Å². The van der Waals surface area contributed by atoms with Crippen LogP contribution in [0.2, 0.25) is 0 Å². The smallest absolute Gasteiger partial charge is 0.248 e. The summed E-state index contributed by atoms with van der Waals surface area (Å²) >= 11 is 0. The zero-order chi connectivity index (χ0) is 16.7. The fraction of sp³-hybridized carbons (Fsp3) is 0.867. The summed E-state index contributed by atoms with van der Waals surface area (Å²) < 4.78 is 10.4. The maximum absolute atomic E-state index is 12.2. The highest BCUT2D eigenvalue weighted by Crippen LogP contribution is 2.23. The van der Waals surface area contributed by atoms with Crippen molar-refractivity contribution >= 4 is 11.8 Å². The lowest BCUT2D eigenvalue weighted by Gasteiger charge is -2.40. The molecule has 2 rings (SSSR count). The lowest BCUT2D eigenvalue weighted by molar-refractivity contribution is -0.141. The topological polar surface area (TPSA) is 105 Å². The zero-order valence-electron chi connectivity index (χ0n) is 13.5. The van der Waals surface area contributed by atoms with Gasteiger partial charge in [0.05, 0.1) is 13.2 Å². The van der Waals surface area contributed by atoms with E-state index in [-0.39, 0.29) is 31.6 Å². The number of primary amides is 1. The van der Waals surface area contributed by atoms with Gasteiger partial charge in [-0.25, -0.2) is 0 Å². The fourth-order valence-electron chi connectivity index (χ4n) is 3.27. The van der Waals surface area contributed by atoms with E-state index >= 15 is 0 Å². The van der Waals surface area contributed by atoms with Crippen LogP contribution in [0.5, 0.6) is 0 Å². The summed E-state index contributed by atoms with van der Waals surface area (Å²) in [5.41, 5.74) is 4.99. The van der Waals surface area contributed by atoms with Crippen LogP contribution in [0.4, 0.5) is 0 Å². The Bertz CT molecular complexity index is 401. The van der Waals surface area contributed by atoms with Crippen molar-refractivity contribution in [1.82, 2.24) is 9.80 Å². The van der Waals surface area contributed by atoms with E-state index in [2.05, 4.69) is 4.90 Å². The van der Waals surface area contributed by atoms with Crippen molar-refractivity contribution in [2.24, 2.45) is 17.6 Å². The lowest BCUT2D eigenvalue weighted by atomic mass is 9.89. The molecule has 23 heavy (non-hydrogen) atoms. The summed E-state index contributed by atoms with van der Waals surface area (Å²) in [6.45, 7) is 5.11. The molecule has 0 aromatic heterocycles. The number of amides is 2. The molecule has 8 nitrogen and oxygen atoms in total. The molecule has 0 aromatic carbocycles. The van der Waals surface area contributed by atoms with E-state index in [0.717, 1.165) is 39.3 Å². The molecule has 132 valence electrons. The second kappa shape index (κ2) is 9.17. The molecule has 2 aliphatic rings. The summed E-state index contributed by atoms with van der Waals surface area (Å²) in [6.07, 6.45) is 0.916. The van der Waals surface area contributed by atoms with Crippen molar-refractivity contribution in [3.8, 4) is 0 Å². The number of nitrogens with zero attached hydrogens (tertiary/aromatic N) is 2. The number of aliphatic hydroxyl groups excluding tert-OH is 1. The fourth-order valence-corrected chi connectivity index (χ4v) is 3.27. The van der Waals surface area contributed by atoms with E-state index in [4.69, 9.17) is 15.2 Å². The number of likely N-dealkylation sites (tertiary alicyclic amines) is 1. The molecular formula is C15H27N3O5. The monoisotopic (exact) mass is 329 g/mol. The van der Waals surface area contributed by atoms with Crippen LogP contribution in [-0.2, 0) is 19.1 Å². The number of hydrogen-bond acceptors (Lipinski definition) is 6. The minimum atomic E-state index is -0.588. The van der Waals surface area contributed by atoms with E-state index < -0.39 is 5.91 Å². The predicted octanol–water partition coefficient (Wildman–Crippen LogP) is -1.72. The average Bonchev–Trinajstić information content (AvgIpc) is 2.55. The van der Waals surface area contributed by atoms with Gasteiger partial charge in [0.25, 0.3) is 0 Å². The third kappa shape index (κ3) is 6.06. The number of hydrogen-bond donors (Lipinski definition) is 2. The zero-order valence-corrected chi connectivity index (χ0v) is 13.5. The number of piperidine rings is 1. The molecule has 0 unspecified atom stereocenters. The third-order valence-corrected chi connectivity index (χ3v) is 4.32. The van der Waals surface area contributed by atoms with Crippen molar-refractivity contribution in [2.45, 2.75) is 6.42 Å². The van der Waals surface area contributed by atoms with Gasteiger partial charge in [-0.05, 0) is 18.3 Å². The molecule has 3 N–H and O–H groups in total. The van der Waals surface area contributed by atoms with Crippen LogP contribution in [0.15, 0.2) is 0 Å². The first kappa shape index (κ1) is 18.1. The van der Waals surface area contributed by atoms with E-state index in [1.165, 1.54) is 0 Å². The van der Waals surface area contributed by atoms with Crippen molar-refractivity contribution in [1.29, 1.82) is 0 Å². The number of rotatable bonds is 7. The number of ether oxygens (including phenoxy) is 2. The molecule has 2 fully saturated rings. The van der Waals surface area contributed by atoms with Crippen LogP contribution in [0.3, 0.4) is 0 Å². The Labute approximate surface area is 136 Å². The van der Waals surface area contributed by atoms with Crippen molar-refractivity contribution in [3.63, 3.8) is 0 Å². The second-order valence-corrected chi connectivity index (χ2v) is 6.32. The molecule has 2 saturated heterocycles. The van der Waals surface area contributed by atoms with Crippen molar-refractivity contribution < 1.29 is 24.2 Å². The predicted molar refractivity (Wildman–Crippen MR) is 82.5 cm³/mol. The maximum Gasteiger partial charge on any atom is 0.248 e. The highest BCUT2D eigenvalue weighted by molar-refractivity contribution is 5.79. The first-order valence-corrected chi connectivity index (χ1v) is 8.13. The van der Waals surface area contributed by atoms with Gasteiger partial charge in [0.1, 0.15) is 13.2 Å². The Kier molecular flexibility index (Phi) is 7.22. The van der Waals surface area contributed by atoms with Crippen LogP contribution >= 0.6 is 0 Å². The van der Waals surface area contributed by atoms with Crippen LogP contribution in [0, 0.1) is 11.8 Å². The molecular weight excluding hydrogens is 302 g/mol. The molecule has 0 saturated carbocycles. The normalized spacial score (nSPS) is 26.2. The average molecular weight is 329 g/mol. The van der Waals surface area contributed by atoms with Crippen LogP contribution in [-0.4, -0.2) is 92.5 Å². The third-order valence-electron chi connectivity index (χ3n) is 4.32. The summed E-state index contributed by atoms with van der Waals surface area (Å²) in [4.78, 5) is 26.9. The van der Waals surface area contributed by atoms with Crippen LogP contribution in [0.1, 0.15) is 6.42 Å². The van der Waals surface area contributed by atoms with Crippen molar-refractivity contribution in [3.05, 3.63) is 0 Å². The Morgan fingerprint density at radius 1 is 1.17 bits per heavy atom. The standard InChI is InChI=1S/C15H27N3O5/c16-14(20)10-23-11-15(21)18-7-12(5-13(8-18)9-19)6-17-1-3-22-4-2-17/h12-13,19H,1-11H2,(H2,16,20)/t12-,13+/m1/s1. The molecule has 0 spiro atoms. The first-order chi connectivity index (χ1) is 11.1. The molecule has 0 bridgehead atoms. The Morgan fingerprint density at radius 2 is 1.87 bits per heavy atom. The highest BCUT2D eigenvalue weighted by Gasteiger charge is 2.31. The summed E-state index contributed by atoms with van der Waals surface area (Å²) in [6, 6.07) is 0. The largest absolute Gasteiger partial charge is 0.396 e. The number of carbonyl (C=O) groups is 2. The summed E-state index contributed by atoms with van der Waals surface area (Å²) in [7, 11) is 0. The molecule has 2 heterocycles. The molecule has 2 atom stereocenters. The van der Waals surface area contributed by atoms with Gasteiger partial charge >= 0.3 is 0 Å². The Hall–Kier alpha value is -1.22. The maximum atomic E-state index is 12.2. The Balaban J connectivity index is 1.83. The van der Waals surface area contributed by atoms with E-state index in [1.807, 2.05) is 0 Å². The number of nitrogens with two attached hydrogens (primary N) is 1. The Morgan fingerprint density at radius 3 is 2.52 bits per heavy atom. The van der Waals surface area contributed by atoms with E-state index in [9.17, 15) is 14.7 Å². The van der Waals surface area contributed by atoms with Gasteiger partial charge in [0.2, 0.25) is 11.8 Å². The van der Waals surface area contributed by atoms with Gasteiger partial charge in [-0.2, -0.15) is 0 Å². The lowest BCUT2D eigenvalue weighted by Crippen LogP contribution is -2.50. The second-order valence-electron chi connectivity index (χ2n) is 6.32. The van der Waals surface area contributed by atoms with Gasteiger partial charge in [-0.3, -0.25) is 14.5 Å². The number of carbonyl (C=O) groups excluding carboxylic acids is 2. The molecule has 8 heteroatoms. The van der Waals surface area contributed by atoms with Gasteiger partial charge in [0.15, 0.2) is 0 Å². The molecule has 0 radical (unpaired) electrons. The summed E-state index contributed by atoms with van der Waals surface area (Å²) in [5, 5.41) is 9.50. The number of morpholine rings is 1. The first-order valence-electron chi connectivity index (χ1n) is 8.13. The van der Waals surface area contributed by atoms with Gasteiger partial charge in [0, 0.05) is 39.3 Å². The van der Waals surface area contributed by atoms with Crippen LogP contribution < -0.4 is 5.73 Å². The minimum absolute atomic E-state index is 0.0749.